The molecule has 1 atom stereocenters. The SMILES string of the molecule is CCC1CN(C)c2ccccc2CN1C(=O)c1ccon1. The topological polar surface area (TPSA) is 49.6 Å². The maximum atomic E-state index is 12.7. The van der Waals surface area contributed by atoms with Gasteiger partial charge in [-0.1, -0.05) is 30.3 Å². The van der Waals surface area contributed by atoms with E-state index in [0.717, 1.165) is 18.5 Å². The number of likely N-dealkylation sites (N-methyl/N-ethyl adjacent to an activating group) is 1. The molecular formula is C16H19N3O2. The van der Waals surface area contributed by atoms with Crippen LogP contribution in [-0.2, 0) is 6.54 Å². The van der Waals surface area contributed by atoms with E-state index in [2.05, 4.69) is 36.2 Å². The highest BCUT2D eigenvalue weighted by molar-refractivity contribution is 5.92. The average Bonchev–Trinajstić information content (AvgIpc) is 3.00. The van der Waals surface area contributed by atoms with Crippen LogP contribution in [-0.4, -0.2) is 35.6 Å². The first-order valence-electron chi connectivity index (χ1n) is 7.21. The Labute approximate surface area is 124 Å². The van der Waals surface area contributed by atoms with Gasteiger partial charge in [-0.25, -0.2) is 0 Å². The van der Waals surface area contributed by atoms with Gasteiger partial charge in [0, 0.05) is 37.9 Å². The lowest BCUT2D eigenvalue weighted by atomic mass is 10.1. The summed E-state index contributed by atoms with van der Waals surface area (Å²) < 4.78 is 4.81. The third-order valence-electron chi connectivity index (χ3n) is 4.06. The maximum Gasteiger partial charge on any atom is 0.276 e. The summed E-state index contributed by atoms with van der Waals surface area (Å²) in [6.45, 7) is 3.53. The summed E-state index contributed by atoms with van der Waals surface area (Å²) in [5, 5.41) is 3.79. The van der Waals surface area contributed by atoms with E-state index in [4.69, 9.17) is 4.52 Å². The summed E-state index contributed by atoms with van der Waals surface area (Å²) in [5.41, 5.74) is 2.72. The lowest BCUT2D eigenvalue weighted by Crippen LogP contribution is -2.43. The number of carbonyl (C=O) groups is 1. The minimum absolute atomic E-state index is 0.0688. The van der Waals surface area contributed by atoms with Crippen LogP contribution in [0.25, 0.3) is 0 Å². The number of carbonyl (C=O) groups excluding carboxylic acids is 1. The first-order valence-corrected chi connectivity index (χ1v) is 7.21. The Kier molecular flexibility index (Phi) is 3.64. The third kappa shape index (κ3) is 2.51. The summed E-state index contributed by atoms with van der Waals surface area (Å²) in [6, 6.07) is 10.0. The number of para-hydroxylation sites is 1. The number of hydrogen-bond donors (Lipinski definition) is 0. The van der Waals surface area contributed by atoms with E-state index in [1.54, 1.807) is 6.07 Å². The van der Waals surface area contributed by atoms with E-state index in [1.807, 2.05) is 17.0 Å². The van der Waals surface area contributed by atoms with Crippen molar-refractivity contribution in [2.24, 2.45) is 0 Å². The van der Waals surface area contributed by atoms with Crippen molar-refractivity contribution in [2.75, 3.05) is 18.5 Å². The van der Waals surface area contributed by atoms with Crippen molar-refractivity contribution in [1.29, 1.82) is 0 Å². The molecule has 110 valence electrons. The van der Waals surface area contributed by atoms with E-state index in [0.29, 0.717) is 12.2 Å². The highest BCUT2D eigenvalue weighted by Crippen LogP contribution is 2.27. The lowest BCUT2D eigenvalue weighted by molar-refractivity contribution is 0.0657. The smallest absolute Gasteiger partial charge is 0.276 e. The Bertz CT molecular complexity index is 624. The van der Waals surface area contributed by atoms with Gasteiger partial charge in [-0.15, -0.1) is 0 Å². The van der Waals surface area contributed by atoms with Gasteiger partial charge in [0.05, 0.1) is 0 Å². The molecule has 0 radical (unpaired) electrons. The summed E-state index contributed by atoms with van der Waals surface area (Å²) in [4.78, 5) is 16.8. The van der Waals surface area contributed by atoms with Crippen LogP contribution in [0.4, 0.5) is 5.69 Å². The van der Waals surface area contributed by atoms with Gasteiger partial charge in [0.25, 0.3) is 5.91 Å². The van der Waals surface area contributed by atoms with Crippen molar-refractivity contribution in [1.82, 2.24) is 10.1 Å². The van der Waals surface area contributed by atoms with Crippen molar-refractivity contribution in [3.8, 4) is 0 Å². The monoisotopic (exact) mass is 285 g/mol. The van der Waals surface area contributed by atoms with E-state index in [-0.39, 0.29) is 11.9 Å². The van der Waals surface area contributed by atoms with Gasteiger partial charge in [-0.2, -0.15) is 0 Å². The Morgan fingerprint density at radius 2 is 2.19 bits per heavy atom. The number of fused-ring (bicyclic) bond motifs is 1. The molecule has 0 bridgehead atoms. The van der Waals surface area contributed by atoms with Gasteiger partial charge in [0.15, 0.2) is 5.69 Å². The lowest BCUT2D eigenvalue weighted by Gasteiger charge is -2.30. The van der Waals surface area contributed by atoms with Crippen molar-refractivity contribution in [3.05, 3.63) is 47.9 Å². The average molecular weight is 285 g/mol. The molecule has 0 saturated heterocycles. The highest BCUT2D eigenvalue weighted by Gasteiger charge is 2.30. The molecule has 21 heavy (non-hydrogen) atoms. The largest absolute Gasteiger partial charge is 0.372 e. The summed E-state index contributed by atoms with van der Waals surface area (Å²) in [7, 11) is 2.07. The van der Waals surface area contributed by atoms with E-state index < -0.39 is 0 Å². The molecule has 5 nitrogen and oxygen atoms in total. The van der Waals surface area contributed by atoms with Crippen LogP contribution in [0.3, 0.4) is 0 Å². The predicted molar refractivity (Wildman–Crippen MR) is 80.2 cm³/mol. The quantitative estimate of drug-likeness (QED) is 0.851. The Morgan fingerprint density at radius 1 is 1.38 bits per heavy atom. The Morgan fingerprint density at radius 3 is 2.90 bits per heavy atom. The fourth-order valence-electron chi connectivity index (χ4n) is 2.90. The van der Waals surface area contributed by atoms with Gasteiger partial charge in [0.1, 0.15) is 6.26 Å². The number of anilines is 1. The second kappa shape index (κ2) is 5.60. The van der Waals surface area contributed by atoms with Crippen molar-refractivity contribution in [2.45, 2.75) is 25.9 Å². The number of aromatic nitrogens is 1. The zero-order valence-electron chi connectivity index (χ0n) is 12.3. The zero-order chi connectivity index (χ0) is 14.8. The molecule has 0 spiro atoms. The zero-order valence-corrected chi connectivity index (χ0v) is 12.3. The van der Waals surface area contributed by atoms with Crippen molar-refractivity contribution in [3.63, 3.8) is 0 Å². The van der Waals surface area contributed by atoms with Crippen LogP contribution in [0.15, 0.2) is 41.1 Å². The molecule has 1 amide bonds. The molecule has 2 heterocycles. The second-order valence-corrected chi connectivity index (χ2v) is 5.39. The molecule has 3 rings (SSSR count). The molecule has 0 fully saturated rings. The van der Waals surface area contributed by atoms with Crippen LogP contribution in [0.1, 0.15) is 29.4 Å². The standard InChI is InChI=1S/C16H19N3O2/c1-3-13-11-18(2)15-7-5-4-6-12(15)10-19(13)16(20)14-8-9-21-17-14/h4-9,13H,3,10-11H2,1-2H3. The van der Waals surface area contributed by atoms with E-state index >= 15 is 0 Å². The van der Waals surface area contributed by atoms with E-state index in [9.17, 15) is 4.79 Å². The van der Waals surface area contributed by atoms with Crippen LogP contribution >= 0.6 is 0 Å². The Balaban J connectivity index is 1.97. The van der Waals surface area contributed by atoms with Gasteiger partial charge >= 0.3 is 0 Å². The normalized spacial score (nSPS) is 18.3. The molecule has 2 aromatic rings. The van der Waals surface area contributed by atoms with Crippen LogP contribution in [0.5, 0.6) is 0 Å². The van der Waals surface area contributed by atoms with Gasteiger partial charge in [-0.3, -0.25) is 4.79 Å². The third-order valence-corrected chi connectivity index (χ3v) is 4.06. The number of nitrogens with zero attached hydrogens (tertiary/aromatic N) is 3. The first kappa shape index (κ1) is 13.7. The molecule has 0 aliphatic carbocycles. The fourth-order valence-corrected chi connectivity index (χ4v) is 2.90. The number of benzene rings is 1. The predicted octanol–water partition coefficient (Wildman–Crippen LogP) is 2.55. The highest BCUT2D eigenvalue weighted by atomic mass is 16.5. The fraction of sp³-hybridized carbons (Fsp3) is 0.375. The van der Waals surface area contributed by atoms with Crippen LogP contribution < -0.4 is 4.90 Å². The summed E-state index contributed by atoms with van der Waals surface area (Å²) in [6.07, 6.45) is 2.34. The van der Waals surface area contributed by atoms with Gasteiger partial charge in [0.2, 0.25) is 0 Å². The molecule has 0 saturated carbocycles. The van der Waals surface area contributed by atoms with Gasteiger partial charge in [-0.05, 0) is 18.1 Å². The molecule has 5 heteroatoms. The number of rotatable bonds is 2. The minimum atomic E-state index is -0.0688. The summed E-state index contributed by atoms with van der Waals surface area (Å²) >= 11 is 0. The maximum absolute atomic E-state index is 12.7. The Hall–Kier alpha value is -2.30. The molecular weight excluding hydrogens is 266 g/mol. The molecule has 0 N–H and O–H groups in total. The number of hydrogen-bond acceptors (Lipinski definition) is 4. The van der Waals surface area contributed by atoms with Crippen molar-refractivity contribution < 1.29 is 9.32 Å². The second-order valence-electron chi connectivity index (χ2n) is 5.39. The first-order chi connectivity index (χ1) is 10.2. The molecule has 1 aliphatic heterocycles. The number of amides is 1. The molecule has 1 aliphatic rings. The molecule has 1 unspecified atom stereocenters. The van der Waals surface area contributed by atoms with E-state index in [1.165, 1.54) is 12.0 Å². The van der Waals surface area contributed by atoms with Gasteiger partial charge < -0.3 is 14.3 Å². The molecule has 1 aromatic carbocycles. The molecule has 1 aromatic heterocycles. The van der Waals surface area contributed by atoms with Crippen LogP contribution in [0.2, 0.25) is 0 Å². The summed E-state index contributed by atoms with van der Waals surface area (Å²) in [5.74, 6) is -0.0688. The van der Waals surface area contributed by atoms with Crippen LogP contribution in [0, 0.1) is 0 Å². The van der Waals surface area contributed by atoms with Crippen molar-refractivity contribution >= 4 is 11.6 Å². The minimum Gasteiger partial charge on any atom is -0.372 e.